The van der Waals surface area contributed by atoms with Crippen LogP contribution in [-0.2, 0) is 0 Å². The van der Waals surface area contributed by atoms with Gasteiger partial charge in [-0.15, -0.1) is 4.48 Å². The minimum atomic E-state index is -0.986. The molecule has 50 valence electrons. The molecule has 0 aliphatic carbocycles. The Balaban J connectivity index is 4.33. The van der Waals surface area contributed by atoms with Crippen LogP contribution in [0.3, 0.4) is 0 Å². The van der Waals surface area contributed by atoms with E-state index in [1.54, 1.807) is 6.92 Å². The maximum absolute atomic E-state index is 10.3. The van der Waals surface area contributed by atoms with E-state index in [1.807, 2.05) is 0 Å². The van der Waals surface area contributed by atoms with E-state index in [0.29, 0.717) is 6.54 Å². The van der Waals surface area contributed by atoms with Gasteiger partial charge in [0.25, 0.3) is 0 Å². The van der Waals surface area contributed by atoms with Crippen molar-refractivity contribution in [3.63, 3.8) is 0 Å². The highest BCUT2D eigenvalue weighted by molar-refractivity contribution is 5.57. The van der Waals surface area contributed by atoms with E-state index in [1.165, 1.54) is 7.05 Å². The van der Waals surface area contributed by atoms with E-state index in [9.17, 15) is 4.79 Å². The molecule has 0 aromatic carbocycles. The molecule has 0 bridgehead atoms. The van der Waals surface area contributed by atoms with Crippen LogP contribution < -0.4 is 0 Å². The molecule has 0 spiro atoms. The standard InChI is InChI=1S/C6H9NO2/c1-4-7(3,5-2)6(8)9/h1H,5H2,2-3H3/p+1. The Hall–Kier alpha value is -1.01. The number of hydrogen-bond acceptors (Lipinski definition) is 1. The molecular weight excluding hydrogens is 118 g/mol. The van der Waals surface area contributed by atoms with Crippen molar-refractivity contribution in [3.05, 3.63) is 0 Å². The fraction of sp³-hybridized carbons (Fsp3) is 0.500. The Labute approximate surface area is 54.5 Å². The van der Waals surface area contributed by atoms with Gasteiger partial charge in [-0.25, -0.2) is 0 Å². The van der Waals surface area contributed by atoms with Crippen molar-refractivity contribution in [1.29, 1.82) is 0 Å². The predicted octanol–water partition coefficient (Wildman–Crippen LogP) is 0.722. The third kappa shape index (κ3) is 1.44. The number of carbonyl (C=O) groups is 1. The van der Waals surface area contributed by atoms with Crippen molar-refractivity contribution >= 4 is 6.09 Å². The van der Waals surface area contributed by atoms with Crippen LogP contribution in [0.5, 0.6) is 0 Å². The zero-order valence-corrected chi connectivity index (χ0v) is 5.59. The average Bonchev–Trinajstić information content (AvgIpc) is 1.86. The van der Waals surface area contributed by atoms with Crippen LogP contribution in [0.15, 0.2) is 0 Å². The molecule has 0 radical (unpaired) electrons. The molecule has 0 rings (SSSR count). The highest BCUT2D eigenvalue weighted by atomic mass is 16.4. The van der Waals surface area contributed by atoms with Crippen LogP contribution in [0, 0.1) is 12.5 Å². The molecule has 0 aliphatic heterocycles. The number of terminal acetylenes is 1. The first kappa shape index (κ1) is 7.99. The van der Waals surface area contributed by atoms with Gasteiger partial charge in [-0.2, -0.15) is 4.79 Å². The van der Waals surface area contributed by atoms with Gasteiger partial charge in [0, 0.05) is 0 Å². The molecule has 0 saturated carbocycles. The summed E-state index contributed by atoms with van der Waals surface area (Å²) in [7, 11) is 1.47. The second kappa shape index (κ2) is 2.51. The van der Waals surface area contributed by atoms with Crippen molar-refractivity contribution in [2.75, 3.05) is 13.6 Å². The van der Waals surface area contributed by atoms with E-state index in [4.69, 9.17) is 11.5 Å². The summed E-state index contributed by atoms with van der Waals surface area (Å²) in [6, 6.07) is 2.17. The van der Waals surface area contributed by atoms with Crippen LogP contribution in [0.1, 0.15) is 6.92 Å². The molecule has 1 unspecified atom stereocenters. The Bertz CT molecular complexity index is 159. The maximum Gasteiger partial charge on any atom is 0.526 e. The van der Waals surface area contributed by atoms with Crippen molar-refractivity contribution in [2.45, 2.75) is 6.92 Å². The Morgan fingerprint density at radius 3 is 2.33 bits per heavy atom. The van der Waals surface area contributed by atoms with Crippen molar-refractivity contribution in [1.82, 2.24) is 0 Å². The molecule has 3 nitrogen and oxygen atoms in total. The number of nitrogens with zero attached hydrogens (tertiary/aromatic N) is 1. The van der Waals surface area contributed by atoms with Gasteiger partial charge in [0.15, 0.2) is 0 Å². The SMILES string of the molecule is C#C[N+](C)(CC)C(=O)O. The van der Waals surface area contributed by atoms with Gasteiger partial charge >= 0.3 is 6.09 Å². The normalized spacial score (nSPS) is 15.7. The van der Waals surface area contributed by atoms with E-state index in [0.717, 1.165) is 0 Å². The first-order chi connectivity index (χ1) is 4.06. The van der Waals surface area contributed by atoms with Gasteiger partial charge in [0.1, 0.15) is 6.04 Å². The lowest BCUT2D eigenvalue weighted by molar-refractivity contribution is -0.765. The Kier molecular flexibility index (Phi) is 2.23. The number of quaternary nitrogens is 1. The van der Waals surface area contributed by atoms with Gasteiger partial charge < -0.3 is 5.11 Å². The number of rotatable bonds is 1. The summed E-state index contributed by atoms with van der Waals surface area (Å²) < 4.78 is -0.361. The van der Waals surface area contributed by atoms with Crippen LogP contribution in [-0.4, -0.2) is 29.3 Å². The summed E-state index contributed by atoms with van der Waals surface area (Å²) in [6.45, 7) is 2.14. The van der Waals surface area contributed by atoms with Crippen molar-refractivity contribution in [2.24, 2.45) is 0 Å². The average molecular weight is 128 g/mol. The lowest BCUT2D eigenvalue weighted by Crippen LogP contribution is -2.43. The largest absolute Gasteiger partial charge is 0.526 e. The third-order valence-corrected chi connectivity index (χ3v) is 1.34. The fourth-order valence-corrected chi connectivity index (χ4v) is 0.282. The lowest BCUT2D eigenvalue weighted by atomic mass is 10.5. The molecule has 0 heterocycles. The van der Waals surface area contributed by atoms with Crippen molar-refractivity contribution in [3.8, 4) is 12.5 Å². The first-order valence-corrected chi connectivity index (χ1v) is 2.63. The van der Waals surface area contributed by atoms with Gasteiger partial charge in [-0.3, -0.25) is 0 Å². The zero-order valence-electron chi connectivity index (χ0n) is 5.59. The van der Waals surface area contributed by atoms with Gasteiger partial charge in [0.05, 0.1) is 13.6 Å². The zero-order chi connectivity index (χ0) is 7.49. The highest BCUT2D eigenvalue weighted by Gasteiger charge is 2.26. The van der Waals surface area contributed by atoms with E-state index in [2.05, 4.69) is 6.04 Å². The van der Waals surface area contributed by atoms with Gasteiger partial charge in [-0.1, -0.05) is 6.42 Å². The molecule has 3 heteroatoms. The van der Waals surface area contributed by atoms with Crippen LogP contribution >= 0.6 is 0 Å². The summed E-state index contributed by atoms with van der Waals surface area (Å²) in [5.74, 6) is 0. The minimum absolute atomic E-state index is 0.361. The molecule has 0 fully saturated rings. The molecule has 0 aromatic heterocycles. The molecule has 9 heavy (non-hydrogen) atoms. The second-order valence-corrected chi connectivity index (χ2v) is 1.92. The molecule has 1 atom stereocenters. The third-order valence-electron chi connectivity index (χ3n) is 1.34. The monoisotopic (exact) mass is 128 g/mol. The maximum atomic E-state index is 10.3. The molecule has 0 aromatic rings. The van der Waals surface area contributed by atoms with Gasteiger partial charge in [0.2, 0.25) is 0 Å². The van der Waals surface area contributed by atoms with Gasteiger partial charge in [-0.05, 0) is 6.92 Å². The smallest absolute Gasteiger partial charge is 0.435 e. The molecular formula is C6H10NO2+. The highest BCUT2D eigenvalue weighted by Crippen LogP contribution is 1.97. The summed E-state index contributed by atoms with van der Waals surface area (Å²) in [5, 5.41) is 8.46. The Morgan fingerprint density at radius 1 is 1.89 bits per heavy atom. The molecule has 0 saturated heterocycles. The number of hydrogen-bond donors (Lipinski definition) is 1. The first-order valence-electron chi connectivity index (χ1n) is 2.63. The van der Waals surface area contributed by atoms with E-state index >= 15 is 0 Å². The van der Waals surface area contributed by atoms with E-state index < -0.39 is 6.09 Å². The summed E-state index contributed by atoms with van der Waals surface area (Å²) in [6.07, 6.45) is 3.97. The summed E-state index contributed by atoms with van der Waals surface area (Å²) in [5.41, 5.74) is 0. The van der Waals surface area contributed by atoms with Crippen molar-refractivity contribution < 1.29 is 14.4 Å². The number of carboxylic acid groups (broad SMARTS) is 1. The molecule has 1 amide bonds. The van der Waals surface area contributed by atoms with Crippen LogP contribution in [0.2, 0.25) is 0 Å². The summed E-state index contributed by atoms with van der Waals surface area (Å²) in [4.78, 5) is 10.3. The minimum Gasteiger partial charge on any atom is -0.435 e. The second-order valence-electron chi connectivity index (χ2n) is 1.92. The fourth-order valence-electron chi connectivity index (χ4n) is 0.282. The summed E-state index contributed by atoms with van der Waals surface area (Å²) >= 11 is 0. The predicted molar refractivity (Wildman–Crippen MR) is 33.6 cm³/mol. The molecule has 1 N–H and O–H groups in total. The Morgan fingerprint density at radius 2 is 2.33 bits per heavy atom. The lowest BCUT2D eigenvalue weighted by Gasteiger charge is -2.16. The number of amides is 1. The molecule has 0 aliphatic rings. The van der Waals surface area contributed by atoms with E-state index in [-0.39, 0.29) is 4.48 Å². The van der Waals surface area contributed by atoms with Crippen LogP contribution in [0.4, 0.5) is 4.79 Å². The quantitative estimate of drug-likeness (QED) is 0.417. The topological polar surface area (TPSA) is 37.3 Å². The van der Waals surface area contributed by atoms with Crippen LogP contribution in [0.25, 0.3) is 0 Å².